The molecule has 0 spiro atoms. The van der Waals surface area contributed by atoms with E-state index in [4.69, 9.17) is 9.47 Å². The average Bonchev–Trinajstić information content (AvgIpc) is 3.27. The number of hydrogen-bond donors (Lipinski definition) is 4. The minimum Gasteiger partial charge on any atom is -0.508 e. The molecule has 4 N–H and O–H groups in total. The standard InChI is InChI=1S/C30H34O8/c1-20(19-37-29(35)15-10-21-8-11-24(32)12-9-21)4-2-5-22(18-31)6-3-7-23-16-28(38-30(23)36)26-17-25(33)13-14-27(26)34/h4,8-17,22,28,31-34H,2-3,5-7,18-19H2,1H3/b15-10-,20-4+/t22-,28+/m0/s1. The summed E-state index contributed by atoms with van der Waals surface area (Å²) in [4.78, 5) is 24.2. The van der Waals surface area contributed by atoms with Crippen molar-refractivity contribution in [2.24, 2.45) is 5.92 Å². The lowest BCUT2D eigenvalue weighted by molar-refractivity contribution is -0.140. The van der Waals surface area contributed by atoms with Gasteiger partial charge in [0.05, 0.1) is 0 Å². The molecular formula is C30H34O8. The summed E-state index contributed by atoms with van der Waals surface area (Å²) in [5, 5.41) is 38.7. The van der Waals surface area contributed by atoms with E-state index in [-0.39, 0.29) is 36.4 Å². The van der Waals surface area contributed by atoms with Crippen LogP contribution in [0.5, 0.6) is 17.2 Å². The summed E-state index contributed by atoms with van der Waals surface area (Å²) in [5.41, 5.74) is 2.54. The summed E-state index contributed by atoms with van der Waals surface area (Å²) in [6.45, 7) is 2.09. The number of carbonyl (C=O) groups is 2. The molecule has 1 aliphatic heterocycles. The second-order valence-corrected chi connectivity index (χ2v) is 9.36. The largest absolute Gasteiger partial charge is 0.508 e. The van der Waals surface area contributed by atoms with E-state index in [0.29, 0.717) is 24.0 Å². The number of allylic oxidation sites excluding steroid dienone is 1. The Labute approximate surface area is 222 Å². The average molecular weight is 523 g/mol. The number of benzene rings is 2. The highest BCUT2D eigenvalue weighted by Crippen LogP contribution is 2.36. The fourth-order valence-corrected chi connectivity index (χ4v) is 4.10. The van der Waals surface area contributed by atoms with Gasteiger partial charge in [-0.2, -0.15) is 0 Å². The molecule has 0 fully saturated rings. The fourth-order valence-electron chi connectivity index (χ4n) is 4.10. The SMILES string of the molecule is C/C(=C\CC[C@H](CO)CCCC1=C[C@H](c2cc(O)ccc2O)OC1=O)COC(=O)/C=C\c1ccc(O)cc1. The van der Waals surface area contributed by atoms with Crippen molar-refractivity contribution in [2.75, 3.05) is 13.2 Å². The third kappa shape index (κ3) is 8.81. The number of phenolic OH excluding ortho intramolecular Hbond substituents is 3. The summed E-state index contributed by atoms with van der Waals surface area (Å²) in [6, 6.07) is 10.6. The monoisotopic (exact) mass is 522 g/mol. The lowest BCUT2D eigenvalue weighted by Gasteiger charge is -2.13. The number of aromatic hydroxyl groups is 3. The van der Waals surface area contributed by atoms with Gasteiger partial charge in [-0.1, -0.05) is 18.2 Å². The molecule has 8 heteroatoms. The molecule has 0 saturated carbocycles. The van der Waals surface area contributed by atoms with Crippen LogP contribution in [-0.2, 0) is 19.1 Å². The lowest BCUT2D eigenvalue weighted by Crippen LogP contribution is -2.07. The highest BCUT2D eigenvalue weighted by Gasteiger charge is 2.28. The number of ether oxygens (including phenoxy) is 2. The van der Waals surface area contributed by atoms with Crippen LogP contribution < -0.4 is 0 Å². The fraction of sp³-hybridized carbons (Fsp3) is 0.333. The first-order valence-corrected chi connectivity index (χ1v) is 12.6. The van der Waals surface area contributed by atoms with Crippen LogP contribution in [0.25, 0.3) is 6.08 Å². The zero-order chi connectivity index (χ0) is 27.5. The van der Waals surface area contributed by atoms with Gasteiger partial charge in [0.25, 0.3) is 0 Å². The molecule has 2 aromatic carbocycles. The Morgan fingerprint density at radius 3 is 2.55 bits per heavy atom. The normalized spacial score (nSPS) is 16.4. The second kappa shape index (κ2) is 14.0. The van der Waals surface area contributed by atoms with Gasteiger partial charge in [-0.25, -0.2) is 9.59 Å². The zero-order valence-corrected chi connectivity index (χ0v) is 21.4. The predicted molar refractivity (Wildman–Crippen MR) is 142 cm³/mol. The van der Waals surface area contributed by atoms with Gasteiger partial charge >= 0.3 is 11.9 Å². The van der Waals surface area contributed by atoms with Gasteiger partial charge in [-0.3, -0.25) is 0 Å². The second-order valence-electron chi connectivity index (χ2n) is 9.36. The van der Waals surface area contributed by atoms with Gasteiger partial charge in [0, 0.05) is 23.8 Å². The third-order valence-corrected chi connectivity index (χ3v) is 6.30. The maximum Gasteiger partial charge on any atom is 0.334 e. The summed E-state index contributed by atoms with van der Waals surface area (Å²) < 4.78 is 10.6. The van der Waals surface area contributed by atoms with Crippen molar-refractivity contribution < 1.29 is 39.5 Å². The molecule has 0 unspecified atom stereocenters. The Balaban J connectivity index is 1.38. The van der Waals surface area contributed by atoms with E-state index in [1.807, 2.05) is 13.0 Å². The van der Waals surface area contributed by atoms with Crippen molar-refractivity contribution in [3.63, 3.8) is 0 Å². The molecule has 0 bridgehead atoms. The van der Waals surface area contributed by atoms with Gasteiger partial charge in [0.2, 0.25) is 0 Å². The van der Waals surface area contributed by atoms with Crippen LogP contribution in [0.2, 0.25) is 0 Å². The van der Waals surface area contributed by atoms with Crippen molar-refractivity contribution in [2.45, 2.75) is 45.1 Å². The van der Waals surface area contributed by atoms with Crippen molar-refractivity contribution in [3.8, 4) is 17.2 Å². The van der Waals surface area contributed by atoms with Gasteiger partial charge in [0.15, 0.2) is 0 Å². The van der Waals surface area contributed by atoms with E-state index in [0.717, 1.165) is 30.4 Å². The Morgan fingerprint density at radius 1 is 1.08 bits per heavy atom. The van der Waals surface area contributed by atoms with E-state index in [1.54, 1.807) is 24.3 Å². The number of esters is 2. The first-order valence-electron chi connectivity index (χ1n) is 12.6. The summed E-state index contributed by atoms with van der Waals surface area (Å²) in [6.07, 6.45) is 9.27. The molecule has 2 atom stereocenters. The predicted octanol–water partition coefficient (Wildman–Crippen LogP) is 5.09. The maximum atomic E-state index is 12.2. The maximum absolute atomic E-state index is 12.2. The van der Waals surface area contributed by atoms with E-state index < -0.39 is 18.0 Å². The molecule has 38 heavy (non-hydrogen) atoms. The van der Waals surface area contributed by atoms with E-state index >= 15 is 0 Å². The van der Waals surface area contributed by atoms with Crippen molar-refractivity contribution >= 4 is 18.0 Å². The van der Waals surface area contributed by atoms with Crippen LogP contribution in [0.3, 0.4) is 0 Å². The number of cyclic esters (lactones) is 1. The van der Waals surface area contributed by atoms with Crippen LogP contribution in [0.15, 0.2) is 71.8 Å². The number of carbonyl (C=O) groups excluding carboxylic acids is 2. The highest BCUT2D eigenvalue weighted by molar-refractivity contribution is 5.91. The number of aliphatic hydroxyl groups is 1. The Kier molecular flexibility index (Phi) is 10.5. The molecule has 1 heterocycles. The molecule has 202 valence electrons. The number of hydrogen-bond acceptors (Lipinski definition) is 8. The van der Waals surface area contributed by atoms with Gasteiger partial charge in [-0.15, -0.1) is 0 Å². The smallest absolute Gasteiger partial charge is 0.334 e. The van der Waals surface area contributed by atoms with E-state index in [2.05, 4.69) is 0 Å². The van der Waals surface area contributed by atoms with Crippen LogP contribution in [-0.4, -0.2) is 45.6 Å². The molecule has 0 aliphatic carbocycles. The highest BCUT2D eigenvalue weighted by atomic mass is 16.5. The Hall–Kier alpha value is -4.04. The number of rotatable bonds is 13. The van der Waals surface area contributed by atoms with Crippen molar-refractivity contribution in [1.82, 2.24) is 0 Å². The number of aliphatic hydroxyl groups excluding tert-OH is 1. The summed E-state index contributed by atoms with van der Waals surface area (Å²) >= 11 is 0. The van der Waals surface area contributed by atoms with E-state index in [9.17, 15) is 30.0 Å². The quantitative estimate of drug-likeness (QED) is 0.124. The lowest BCUT2D eigenvalue weighted by atomic mass is 9.95. The summed E-state index contributed by atoms with van der Waals surface area (Å²) in [5.74, 6) is -0.747. The Morgan fingerprint density at radius 2 is 1.82 bits per heavy atom. The molecule has 0 amide bonds. The van der Waals surface area contributed by atoms with Crippen LogP contribution in [0, 0.1) is 5.92 Å². The molecule has 8 nitrogen and oxygen atoms in total. The summed E-state index contributed by atoms with van der Waals surface area (Å²) in [7, 11) is 0. The Bertz CT molecular complexity index is 1190. The zero-order valence-electron chi connectivity index (χ0n) is 21.4. The van der Waals surface area contributed by atoms with Crippen LogP contribution >= 0.6 is 0 Å². The van der Waals surface area contributed by atoms with Gasteiger partial charge < -0.3 is 29.9 Å². The van der Waals surface area contributed by atoms with E-state index in [1.165, 1.54) is 36.4 Å². The molecule has 0 saturated heterocycles. The molecule has 1 aliphatic rings. The van der Waals surface area contributed by atoms with Crippen LogP contribution in [0.1, 0.15) is 56.3 Å². The molecular weight excluding hydrogens is 488 g/mol. The van der Waals surface area contributed by atoms with Crippen molar-refractivity contribution in [3.05, 3.63) is 83.0 Å². The topological polar surface area (TPSA) is 134 Å². The minimum absolute atomic E-state index is 0.0219. The minimum atomic E-state index is -0.733. The number of phenols is 3. The molecule has 3 rings (SSSR count). The first kappa shape index (κ1) is 28.5. The first-order chi connectivity index (χ1) is 18.2. The molecule has 0 aromatic heterocycles. The van der Waals surface area contributed by atoms with Gasteiger partial charge in [-0.05, 0) is 98.6 Å². The van der Waals surface area contributed by atoms with Gasteiger partial charge in [0.1, 0.15) is 30.0 Å². The third-order valence-electron chi connectivity index (χ3n) is 6.30. The molecule has 0 radical (unpaired) electrons. The van der Waals surface area contributed by atoms with Crippen LogP contribution in [0.4, 0.5) is 0 Å². The molecule has 2 aromatic rings. The van der Waals surface area contributed by atoms with Crippen molar-refractivity contribution in [1.29, 1.82) is 0 Å².